The summed E-state index contributed by atoms with van der Waals surface area (Å²) in [5.74, 6) is -2.29. The number of benzene rings is 1. The highest BCUT2D eigenvalue weighted by Gasteiger charge is 2.26. The van der Waals surface area contributed by atoms with Gasteiger partial charge in [-0.05, 0) is 6.42 Å². The lowest BCUT2D eigenvalue weighted by Gasteiger charge is -2.26. The molecule has 0 fully saturated rings. The number of rotatable bonds is 9. The number of carbonyl (C=O) groups is 3. The van der Waals surface area contributed by atoms with Gasteiger partial charge in [0, 0.05) is 12.1 Å². The van der Waals surface area contributed by atoms with E-state index in [0.29, 0.717) is 12.0 Å². The molecule has 0 aromatic heterocycles. The summed E-state index contributed by atoms with van der Waals surface area (Å²) in [7, 11) is 0. The average molecular weight is 293 g/mol. The lowest BCUT2D eigenvalue weighted by Crippen LogP contribution is -2.44. The van der Waals surface area contributed by atoms with Crippen LogP contribution in [0.4, 0.5) is 0 Å². The van der Waals surface area contributed by atoms with Gasteiger partial charge < -0.3 is 10.2 Å². The molecule has 1 aromatic carbocycles. The molecule has 1 rings (SSSR count). The molecule has 1 aromatic rings. The van der Waals surface area contributed by atoms with Crippen molar-refractivity contribution in [3.8, 4) is 0 Å². The highest BCUT2D eigenvalue weighted by atomic mass is 16.4. The van der Waals surface area contributed by atoms with Crippen LogP contribution in [0.5, 0.6) is 0 Å². The van der Waals surface area contributed by atoms with Gasteiger partial charge in [0.15, 0.2) is 5.78 Å². The van der Waals surface area contributed by atoms with Crippen LogP contribution in [0.3, 0.4) is 0 Å². The monoisotopic (exact) mass is 293 g/mol. The highest BCUT2D eigenvalue weighted by Crippen LogP contribution is 2.09. The molecule has 0 bridgehead atoms. The van der Waals surface area contributed by atoms with Gasteiger partial charge in [-0.15, -0.1) is 0 Å². The van der Waals surface area contributed by atoms with E-state index < -0.39 is 18.0 Å². The predicted molar refractivity (Wildman–Crippen MR) is 76.3 cm³/mol. The van der Waals surface area contributed by atoms with Gasteiger partial charge in [0.2, 0.25) is 0 Å². The van der Waals surface area contributed by atoms with Gasteiger partial charge in [-0.1, -0.05) is 37.3 Å². The number of hydrogen-bond acceptors (Lipinski definition) is 4. The van der Waals surface area contributed by atoms with Crippen LogP contribution in [-0.4, -0.2) is 52.0 Å². The first kappa shape index (κ1) is 16.8. The zero-order chi connectivity index (χ0) is 15.8. The highest BCUT2D eigenvalue weighted by molar-refractivity contribution is 5.97. The van der Waals surface area contributed by atoms with E-state index in [1.165, 1.54) is 4.90 Å². The van der Waals surface area contributed by atoms with Crippen molar-refractivity contribution in [3.05, 3.63) is 35.9 Å². The van der Waals surface area contributed by atoms with E-state index >= 15 is 0 Å². The Morgan fingerprint density at radius 1 is 1.14 bits per heavy atom. The number of nitrogens with zero attached hydrogens (tertiary/aromatic N) is 1. The maximum atomic E-state index is 12.2. The molecular formula is C15H19NO5. The van der Waals surface area contributed by atoms with E-state index in [0.717, 1.165) is 0 Å². The summed E-state index contributed by atoms with van der Waals surface area (Å²) >= 11 is 0. The van der Waals surface area contributed by atoms with Crippen molar-refractivity contribution in [2.45, 2.75) is 25.8 Å². The third kappa shape index (κ3) is 5.35. The first-order valence-electron chi connectivity index (χ1n) is 6.72. The predicted octanol–water partition coefficient (Wildman–Crippen LogP) is 1.51. The minimum Gasteiger partial charge on any atom is -0.481 e. The summed E-state index contributed by atoms with van der Waals surface area (Å²) in [4.78, 5) is 35.5. The molecule has 0 saturated heterocycles. The fourth-order valence-electron chi connectivity index (χ4n) is 2.07. The minimum absolute atomic E-state index is 0.0265. The van der Waals surface area contributed by atoms with Crippen LogP contribution in [0, 0.1) is 0 Å². The molecular weight excluding hydrogens is 274 g/mol. The van der Waals surface area contributed by atoms with E-state index in [2.05, 4.69) is 0 Å². The minimum atomic E-state index is -1.05. The van der Waals surface area contributed by atoms with Crippen LogP contribution >= 0.6 is 0 Å². The Morgan fingerprint density at radius 2 is 1.76 bits per heavy atom. The second kappa shape index (κ2) is 8.16. The lowest BCUT2D eigenvalue weighted by atomic mass is 10.1. The second-order valence-corrected chi connectivity index (χ2v) is 4.67. The van der Waals surface area contributed by atoms with Gasteiger partial charge in [0.25, 0.3) is 0 Å². The Hall–Kier alpha value is -2.21. The number of carbonyl (C=O) groups excluding carboxylic acids is 1. The third-order valence-corrected chi connectivity index (χ3v) is 3.17. The average Bonchev–Trinajstić information content (AvgIpc) is 2.45. The van der Waals surface area contributed by atoms with Crippen molar-refractivity contribution in [1.29, 1.82) is 0 Å². The molecule has 0 radical (unpaired) electrons. The van der Waals surface area contributed by atoms with E-state index in [1.54, 1.807) is 37.3 Å². The van der Waals surface area contributed by atoms with Gasteiger partial charge in [-0.2, -0.15) is 0 Å². The Morgan fingerprint density at radius 3 is 2.24 bits per heavy atom. The molecule has 0 spiro atoms. The number of carboxylic acids is 2. The van der Waals surface area contributed by atoms with Crippen molar-refractivity contribution in [1.82, 2.24) is 4.90 Å². The van der Waals surface area contributed by atoms with Gasteiger partial charge in [-0.3, -0.25) is 19.3 Å². The van der Waals surface area contributed by atoms with E-state index in [4.69, 9.17) is 5.11 Å². The number of aliphatic carboxylic acids is 2. The molecule has 0 heterocycles. The lowest BCUT2D eigenvalue weighted by molar-refractivity contribution is -0.145. The fourth-order valence-corrected chi connectivity index (χ4v) is 2.07. The zero-order valence-corrected chi connectivity index (χ0v) is 11.9. The van der Waals surface area contributed by atoms with Crippen LogP contribution in [0.2, 0.25) is 0 Å². The first-order chi connectivity index (χ1) is 9.95. The van der Waals surface area contributed by atoms with Crippen LogP contribution in [-0.2, 0) is 9.59 Å². The van der Waals surface area contributed by atoms with E-state index in [1.807, 2.05) is 0 Å². The van der Waals surface area contributed by atoms with Crippen LogP contribution in [0.1, 0.15) is 30.1 Å². The molecule has 114 valence electrons. The summed E-state index contributed by atoms with van der Waals surface area (Å²) < 4.78 is 0. The molecule has 0 aliphatic rings. The van der Waals surface area contributed by atoms with Gasteiger partial charge in [0.05, 0.1) is 13.0 Å². The summed E-state index contributed by atoms with van der Waals surface area (Å²) in [5, 5.41) is 17.9. The first-order valence-corrected chi connectivity index (χ1v) is 6.72. The standard InChI is InChI=1S/C15H19NO5/c1-2-12(15(20)21)16(9-8-14(18)19)10-13(17)11-6-4-3-5-7-11/h3-7,12H,2,8-10H2,1H3,(H,18,19)(H,20,21). The number of hydrogen-bond donors (Lipinski definition) is 2. The molecule has 0 amide bonds. The molecule has 1 unspecified atom stereocenters. The molecule has 21 heavy (non-hydrogen) atoms. The topological polar surface area (TPSA) is 94.9 Å². The third-order valence-electron chi connectivity index (χ3n) is 3.17. The van der Waals surface area contributed by atoms with Gasteiger partial charge in [0.1, 0.15) is 6.04 Å². The smallest absolute Gasteiger partial charge is 0.320 e. The van der Waals surface area contributed by atoms with Crippen molar-refractivity contribution < 1.29 is 24.6 Å². The molecule has 6 nitrogen and oxygen atoms in total. The van der Waals surface area contributed by atoms with Gasteiger partial charge >= 0.3 is 11.9 Å². The Labute approximate surface area is 123 Å². The Bertz CT molecular complexity index is 500. The fraction of sp³-hybridized carbons (Fsp3) is 0.400. The maximum absolute atomic E-state index is 12.2. The zero-order valence-electron chi connectivity index (χ0n) is 11.9. The molecule has 0 aliphatic heterocycles. The Balaban J connectivity index is 2.83. The number of ketones is 1. The summed E-state index contributed by atoms with van der Waals surface area (Å²) in [5.41, 5.74) is 0.484. The van der Waals surface area contributed by atoms with E-state index in [9.17, 15) is 19.5 Å². The SMILES string of the molecule is CCC(C(=O)O)N(CCC(=O)O)CC(=O)c1ccccc1. The molecule has 0 aliphatic carbocycles. The quantitative estimate of drug-likeness (QED) is 0.670. The number of carboxylic acid groups (broad SMARTS) is 2. The van der Waals surface area contributed by atoms with Crippen LogP contribution in [0.15, 0.2) is 30.3 Å². The van der Waals surface area contributed by atoms with Gasteiger partial charge in [-0.25, -0.2) is 0 Å². The largest absolute Gasteiger partial charge is 0.481 e. The molecule has 2 N–H and O–H groups in total. The summed E-state index contributed by atoms with van der Waals surface area (Å²) in [6.45, 7) is 1.61. The molecule has 0 saturated carbocycles. The van der Waals surface area contributed by atoms with Crippen LogP contribution < -0.4 is 0 Å². The van der Waals surface area contributed by atoms with E-state index in [-0.39, 0.29) is 25.3 Å². The van der Waals surface area contributed by atoms with Crippen molar-refractivity contribution in [3.63, 3.8) is 0 Å². The summed E-state index contributed by atoms with van der Waals surface area (Å²) in [6.07, 6.45) is 0.100. The normalized spacial score (nSPS) is 12.1. The van der Waals surface area contributed by atoms with Crippen LogP contribution in [0.25, 0.3) is 0 Å². The van der Waals surface area contributed by atoms with Crippen molar-refractivity contribution in [2.75, 3.05) is 13.1 Å². The molecule has 6 heteroatoms. The number of Topliss-reactive ketones (excluding diaryl/α,β-unsaturated/α-hetero) is 1. The van der Waals surface area contributed by atoms with Crippen molar-refractivity contribution >= 4 is 17.7 Å². The Kier molecular flexibility index (Phi) is 6.55. The maximum Gasteiger partial charge on any atom is 0.320 e. The summed E-state index contributed by atoms with van der Waals surface area (Å²) in [6, 6.07) is 7.67. The second-order valence-electron chi connectivity index (χ2n) is 4.67. The molecule has 1 atom stereocenters. The van der Waals surface area contributed by atoms with Crippen molar-refractivity contribution in [2.24, 2.45) is 0 Å².